The molecule has 35 heavy (non-hydrogen) atoms. The highest BCUT2D eigenvalue weighted by Crippen LogP contribution is 2.27. The molecule has 3 heterocycles. The third kappa shape index (κ3) is 5.01. The smallest absolute Gasteiger partial charge is 0.251 e. The first-order valence-corrected chi connectivity index (χ1v) is 11.5. The van der Waals surface area contributed by atoms with E-state index >= 15 is 0 Å². The number of halogens is 1. The van der Waals surface area contributed by atoms with Crippen LogP contribution in [0, 0.1) is 5.82 Å². The number of likely N-dealkylation sites (tertiary alicyclic amines) is 1. The normalized spacial score (nSPS) is 16.0. The van der Waals surface area contributed by atoms with Gasteiger partial charge in [0.25, 0.3) is 5.91 Å². The lowest BCUT2D eigenvalue weighted by atomic mass is 10.1. The molecule has 1 amide bonds. The number of aromatic nitrogens is 3. The lowest BCUT2D eigenvalue weighted by Gasteiger charge is -2.15. The van der Waals surface area contributed by atoms with Gasteiger partial charge >= 0.3 is 0 Å². The number of benzene rings is 2. The van der Waals surface area contributed by atoms with Gasteiger partial charge in [0, 0.05) is 41.9 Å². The van der Waals surface area contributed by atoms with Crippen LogP contribution < -0.4 is 10.6 Å². The summed E-state index contributed by atoms with van der Waals surface area (Å²) in [5, 5.41) is 7.15. The Morgan fingerprint density at radius 3 is 2.91 bits per heavy atom. The number of likely N-dealkylation sites (N-methyl/N-ethyl adjacent to an activating group) is 1. The first-order chi connectivity index (χ1) is 17.0. The van der Waals surface area contributed by atoms with Gasteiger partial charge in [-0.2, -0.15) is 0 Å². The molecule has 5 rings (SSSR count). The van der Waals surface area contributed by atoms with Crippen LogP contribution in [0.2, 0.25) is 0 Å². The quantitative estimate of drug-likeness (QED) is 0.374. The Hall–Kier alpha value is -3.82. The first kappa shape index (κ1) is 22.9. The highest BCUT2D eigenvalue weighted by atomic mass is 19.1. The second kappa shape index (κ2) is 9.81. The summed E-state index contributed by atoms with van der Waals surface area (Å²) in [6.45, 7) is 2.16. The predicted molar refractivity (Wildman–Crippen MR) is 133 cm³/mol. The molecule has 1 fully saturated rings. The van der Waals surface area contributed by atoms with Gasteiger partial charge in [-0.3, -0.25) is 9.78 Å². The van der Waals surface area contributed by atoms with Crippen LogP contribution in [0.5, 0.6) is 0 Å². The van der Waals surface area contributed by atoms with E-state index in [0.717, 1.165) is 36.1 Å². The van der Waals surface area contributed by atoms with Crippen molar-refractivity contribution in [2.24, 2.45) is 0 Å². The lowest BCUT2D eigenvalue weighted by molar-refractivity contribution is 0.0938. The molecule has 0 saturated carbocycles. The summed E-state index contributed by atoms with van der Waals surface area (Å²) < 4.78 is 19.5. The summed E-state index contributed by atoms with van der Waals surface area (Å²) in [6, 6.07) is 12.4. The Labute approximate surface area is 202 Å². The fourth-order valence-electron chi connectivity index (χ4n) is 4.40. The molecule has 0 aliphatic carbocycles. The minimum atomic E-state index is -0.315. The van der Waals surface area contributed by atoms with Crippen LogP contribution in [0.4, 0.5) is 15.9 Å². The number of carbonyl (C=O) groups is 1. The molecule has 2 aromatic heterocycles. The number of aromatic amines is 1. The number of anilines is 2. The van der Waals surface area contributed by atoms with Crippen molar-refractivity contribution < 1.29 is 13.9 Å². The second-order valence-corrected chi connectivity index (χ2v) is 8.83. The SMILES string of the molecule is COCc1cc(C(=O)NC2CCN(C)C2)ccc1Nc1cncc(-c2cc3cccc(F)c3[nH]2)n1. The van der Waals surface area contributed by atoms with Gasteiger partial charge in [0.15, 0.2) is 0 Å². The summed E-state index contributed by atoms with van der Waals surface area (Å²) in [6.07, 6.45) is 4.18. The number of para-hydroxylation sites is 1. The molecule has 0 spiro atoms. The summed E-state index contributed by atoms with van der Waals surface area (Å²) in [5.74, 6) is 0.108. The van der Waals surface area contributed by atoms with Gasteiger partial charge in [0.1, 0.15) is 17.3 Å². The van der Waals surface area contributed by atoms with Crippen molar-refractivity contribution in [3.8, 4) is 11.4 Å². The monoisotopic (exact) mass is 474 g/mol. The summed E-state index contributed by atoms with van der Waals surface area (Å²) in [7, 11) is 3.66. The van der Waals surface area contributed by atoms with E-state index in [9.17, 15) is 9.18 Å². The maximum Gasteiger partial charge on any atom is 0.251 e. The highest BCUT2D eigenvalue weighted by molar-refractivity contribution is 5.95. The predicted octanol–water partition coefficient (Wildman–Crippen LogP) is 4.09. The zero-order chi connectivity index (χ0) is 24.4. The zero-order valence-electron chi connectivity index (χ0n) is 19.6. The number of amides is 1. The van der Waals surface area contributed by atoms with Crippen LogP contribution in [0.1, 0.15) is 22.3 Å². The largest absolute Gasteiger partial charge is 0.380 e. The Morgan fingerprint density at radius 2 is 2.14 bits per heavy atom. The lowest BCUT2D eigenvalue weighted by Crippen LogP contribution is -2.36. The van der Waals surface area contributed by atoms with E-state index in [-0.39, 0.29) is 17.8 Å². The van der Waals surface area contributed by atoms with Crippen LogP contribution >= 0.6 is 0 Å². The molecule has 2 aromatic carbocycles. The molecular formula is C26H27FN6O2. The number of fused-ring (bicyclic) bond motifs is 1. The zero-order valence-corrected chi connectivity index (χ0v) is 19.6. The molecule has 8 nitrogen and oxygen atoms in total. The summed E-state index contributed by atoms with van der Waals surface area (Å²) in [4.78, 5) is 27.0. The molecule has 9 heteroatoms. The molecule has 4 aromatic rings. The van der Waals surface area contributed by atoms with Gasteiger partial charge in [0.05, 0.1) is 30.2 Å². The molecule has 1 aliphatic heterocycles. The number of methoxy groups -OCH3 is 1. The molecule has 3 N–H and O–H groups in total. The van der Waals surface area contributed by atoms with Crippen LogP contribution in [0.3, 0.4) is 0 Å². The van der Waals surface area contributed by atoms with Crippen molar-refractivity contribution in [1.82, 2.24) is 25.2 Å². The van der Waals surface area contributed by atoms with E-state index in [2.05, 4.69) is 37.5 Å². The van der Waals surface area contributed by atoms with Crippen molar-refractivity contribution in [1.29, 1.82) is 0 Å². The minimum Gasteiger partial charge on any atom is -0.380 e. The van der Waals surface area contributed by atoms with Gasteiger partial charge in [-0.25, -0.2) is 9.37 Å². The molecule has 1 unspecified atom stereocenters. The first-order valence-electron chi connectivity index (χ1n) is 11.5. The number of rotatable bonds is 7. The van der Waals surface area contributed by atoms with Crippen LogP contribution in [0.15, 0.2) is 54.9 Å². The Bertz CT molecular complexity index is 1370. The average molecular weight is 475 g/mol. The maximum absolute atomic E-state index is 14.1. The van der Waals surface area contributed by atoms with Crippen molar-refractivity contribution in [2.45, 2.75) is 19.1 Å². The van der Waals surface area contributed by atoms with E-state index < -0.39 is 0 Å². The van der Waals surface area contributed by atoms with Crippen molar-refractivity contribution in [3.63, 3.8) is 0 Å². The molecule has 1 saturated heterocycles. The second-order valence-electron chi connectivity index (χ2n) is 8.83. The van der Waals surface area contributed by atoms with Gasteiger partial charge < -0.3 is 25.3 Å². The Balaban J connectivity index is 1.37. The third-order valence-electron chi connectivity index (χ3n) is 6.17. The number of nitrogens with one attached hydrogen (secondary N) is 3. The molecule has 0 radical (unpaired) electrons. The number of H-pyrrole nitrogens is 1. The van der Waals surface area contributed by atoms with Gasteiger partial charge in [-0.15, -0.1) is 0 Å². The van der Waals surface area contributed by atoms with E-state index in [1.807, 2.05) is 24.3 Å². The third-order valence-corrected chi connectivity index (χ3v) is 6.17. The fourth-order valence-corrected chi connectivity index (χ4v) is 4.40. The summed E-state index contributed by atoms with van der Waals surface area (Å²) >= 11 is 0. The Kier molecular flexibility index (Phi) is 6.43. The maximum atomic E-state index is 14.1. The molecule has 180 valence electrons. The molecule has 0 bridgehead atoms. The van der Waals surface area contributed by atoms with E-state index in [1.54, 1.807) is 31.6 Å². The fraction of sp³-hybridized carbons (Fsp3) is 0.269. The number of nitrogens with zero attached hydrogens (tertiary/aromatic N) is 3. The number of hydrogen-bond donors (Lipinski definition) is 3. The number of carbonyl (C=O) groups excluding carboxylic acids is 1. The van der Waals surface area contributed by atoms with Gasteiger partial charge in [-0.1, -0.05) is 12.1 Å². The average Bonchev–Trinajstić information content (AvgIpc) is 3.47. The van der Waals surface area contributed by atoms with E-state index in [1.165, 1.54) is 6.07 Å². The topological polar surface area (TPSA) is 95.2 Å². The summed E-state index contributed by atoms with van der Waals surface area (Å²) in [5.41, 5.74) is 3.85. The van der Waals surface area contributed by atoms with Gasteiger partial charge in [-0.05, 0) is 50.3 Å². The number of ether oxygens (including phenoxy) is 1. The molecule has 1 atom stereocenters. The van der Waals surface area contributed by atoms with E-state index in [4.69, 9.17) is 4.74 Å². The van der Waals surface area contributed by atoms with Crippen molar-refractivity contribution in [2.75, 3.05) is 32.6 Å². The van der Waals surface area contributed by atoms with Crippen LogP contribution in [-0.4, -0.2) is 59.0 Å². The number of hydrogen-bond acceptors (Lipinski definition) is 6. The standard InChI is InChI=1S/C26H27FN6O2/c1-33-9-8-19(14-33)29-26(34)17-6-7-21(18(10-17)15-35-2)30-24-13-28-12-23(31-24)22-11-16-4-3-5-20(27)25(16)32-22/h3-7,10-13,19,32H,8-9,14-15H2,1-2H3,(H,29,34)(H,30,31). The van der Waals surface area contributed by atoms with E-state index in [0.29, 0.717) is 34.9 Å². The van der Waals surface area contributed by atoms with Gasteiger partial charge in [0.2, 0.25) is 0 Å². The molecule has 1 aliphatic rings. The minimum absolute atomic E-state index is 0.0953. The van der Waals surface area contributed by atoms with Crippen molar-refractivity contribution >= 4 is 28.3 Å². The van der Waals surface area contributed by atoms with Crippen molar-refractivity contribution in [3.05, 3.63) is 71.8 Å². The Morgan fingerprint density at radius 1 is 1.26 bits per heavy atom. The molecular weight excluding hydrogens is 447 g/mol. The highest BCUT2D eigenvalue weighted by Gasteiger charge is 2.22. The van der Waals surface area contributed by atoms with Crippen LogP contribution in [0.25, 0.3) is 22.3 Å². The van der Waals surface area contributed by atoms with Crippen LogP contribution in [-0.2, 0) is 11.3 Å².